The van der Waals surface area contributed by atoms with E-state index in [0.29, 0.717) is 22.3 Å². The van der Waals surface area contributed by atoms with Crippen LogP contribution in [0.5, 0.6) is 5.75 Å². The Kier molecular flexibility index (Phi) is 8.28. The summed E-state index contributed by atoms with van der Waals surface area (Å²) in [5.41, 5.74) is 0. The summed E-state index contributed by atoms with van der Waals surface area (Å²) in [6.07, 6.45) is 0.0228. The molecule has 2 unspecified atom stereocenters. The van der Waals surface area contributed by atoms with Crippen LogP contribution in [0.25, 0.3) is 0 Å². The highest BCUT2D eigenvalue weighted by molar-refractivity contribution is 6.42. The van der Waals surface area contributed by atoms with E-state index in [1.54, 1.807) is 18.2 Å². The first kappa shape index (κ1) is 19.3. The van der Waals surface area contributed by atoms with Crippen molar-refractivity contribution in [1.29, 1.82) is 0 Å². The van der Waals surface area contributed by atoms with Gasteiger partial charge in [-0.05, 0) is 25.1 Å². The first-order chi connectivity index (χ1) is 10.1. The van der Waals surface area contributed by atoms with E-state index in [1.165, 1.54) is 0 Å². The molecule has 0 spiro atoms. The predicted octanol–water partition coefficient (Wildman–Crippen LogP) is 1.88. The summed E-state index contributed by atoms with van der Waals surface area (Å²) < 4.78 is 5.41. The van der Waals surface area contributed by atoms with E-state index in [-0.39, 0.29) is 37.4 Å². The van der Waals surface area contributed by atoms with Gasteiger partial charge in [0.05, 0.1) is 10.9 Å². The van der Waals surface area contributed by atoms with Crippen LogP contribution in [0.4, 0.5) is 0 Å². The maximum Gasteiger partial charge on any atom is 0.224 e. The number of hydrogen-bond acceptors (Lipinski definition) is 4. The van der Waals surface area contributed by atoms with Crippen LogP contribution in [-0.4, -0.2) is 43.4 Å². The van der Waals surface area contributed by atoms with Gasteiger partial charge in [0.2, 0.25) is 5.91 Å². The monoisotopic (exact) mass is 368 g/mol. The van der Waals surface area contributed by atoms with Gasteiger partial charge >= 0.3 is 0 Å². The zero-order valence-corrected chi connectivity index (χ0v) is 14.2. The van der Waals surface area contributed by atoms with Crippen LogP contribution in [-0.2, 0) is 4.79 Å². The largest absolute Gasteiger partial charge is 0.489 e. The molecule has 1 saturated heterocycles. The van der Waals surface area contributed by atoms with Crippen molar-refractivity contribution in [2.45, 2.75) is 12.5 Å². The molecule has 0 aromatic heterocycles. The number of rotatable bonds is 6. The van der Waals surface area contributed by atoms with Crippen LogP contribution in [0.15, 0.2) is 18.2 Å². The van der Waals surface area contributed by atoms with Crippen molar-refractivity contribution < 1.29 is 14.6 Å². The van der Waals surface area contributed by atoms with E-state index >= 15 is 0 Å². The molecular weight excluding hydrogens is 351 g/mol. The van der Waals surface area contributed by atoms with Crippen LogP contribution in [0.2, 0.25) is 10.0 Å². The Labute approximate surface area is 145 Å². The lowest BCUT2D eigenvalue weighted by Crippen LogP contribution is -2.39. The summed E-state index contributed by atoms with van der Waals surface area (Å²) >= 11 is 11.8. The van der Waals surface area contributed by atoms with Crippen molar-refractivity contribution in [2.75, 3.05) is 26.2 Å². The molecule has 1 aromatic rings. The first-order valence-corrected chi connectivity index (χ1v) is 7.57. The third kappa shape index (κ3) is 5.48. The van der Waals surface area contributed by atoms with Gasteiger partial charge in [-0.15, -0.1) is 12.4 Å². The van der Waals surface area contributed by atoms with Gasteiger partial charge in [-0.25, -0.2) is 0 Å². The normalized spacial score (nSPS) is 18.4. The van der Waals surface area contributed by atoms with Crippen LogP contribution in [0, 0.1) is 5.92 Å². The molecule has 5 nitrogen and oxygen atoms in total. The number of hydrogen-bond donors (Lipinski definition) is 3. The highest BCUT2D eigenvalue weighted by atomic mass is 35.5. The van der Waals surface area contributed by atoms with Gasteiger partial charge in [0.15, 0.2) is 0 Å². The fourth-order valence-corrected chi connectivity index (χ4v) is 2.43. The molecule has 1 amide bonds. The number of carbonyl (C=O) groups is 1. The van der Waals surface area contributed by atoms with E-state index in [0.717, 1.165) is 13.0 Å². The molecule has 0 bridgehead atoms. The average Bonchev–Trinajstić information content (AvgIpc) is 3.00. The van der Waals surface area contributed by atoms with Crippen LogP contribution >= 0.6 is 35.6 Å². The lowest BCUT2D eigenvalue weighted by atomic mass is 10.1. The number of aliphatic hydroxyl groups excluding tert-OH is 1. The van der Waals surface area contributed by atoms with Crippen molar-refractivity contribution in [3.8, 4) is 5.75 Å². The van der Waals surface area contributed by atoms with Crippen molar-refractivity contribution in [1.82, 2.24) is 10.6 Å². The summed E-state index contributed by atoms with van der Waals surface area (Å²) in [6, 6.07) is 5.04. The molecule has 3 N–H and O–H groups in total. The van der Waals surface area contributed by atoms with Crippen molar-refractivity contribution >= 4 is 41.5 Å². The molecule has 124 valence electrons. The highest BCUT2D eigenvalue weighted by Gasteiger charge is 2.22. The van der Waals surface area contributed by atoms with Crippen LogP contribution in [0.3, 0.4) is 0 Å². The van der Waals surface area contributed by atoms with Gasteiger partial charge < -0.3 is 20.5 Å². The minimum atomic E-state index is -0.807. The lowest BCUT2D eigenvalue weighted by molar-refractivity contribution is -0.124. The van der Waals surface area contributed by atoms with Crippen molar-refractivity contribution in [3.63, 3.8) is 0 Å². The van der Waals surface area contributed by atoms with E-state index in [2.05, 4.69) is 10.6 Å². The molecule has 1 fully saturated rings. The number of benzene rings is 1. The Hall–Kier alpha value is -0.720. The zero-order chi connectivity index (χ0) is 15.2. The van der Waals surface area contributed by atoms with Gasteiger partial charge in [0, 0.05) is 13.1 Å². The summed E-state index contributed by atoms with van der Waals surface area (Å²) in [4.78, 5) is 11.8. The lowest BCUT2D eigenvalue weighted by Gasteiger charge is -2.15. The van der Waals surface area contributed by atoms with Gasteiger partial charge in [-0.3, -0.25) is 4.79 Å². The van der Waals surface area contributed by atoms with Crippen LogP contribution < -0.4 is 15.4 Å². The van der Waals surface area contributed by atoms with Gasteiger partial charge in [-0.1, -0.05) is 29.3 Å². The number of carbonyl (C=O) groups excluding carboxylic acids is 1. The number of halogens is 3. The number of aliphatic hydroxyl groups is 1. The Morgan fingerprint density at radius 2 is 2.27 bits per heavy atom. The third-order valence-electron chi connectivity index (χ3n) is 3.29. The Bertz CT molecular complexity index is 496. The highest BCUT2D eigenvalue weighted by Crippen LogP contribution is 2.31. The van der Waals surface area contributed by atoms with Gasteiger partial charge in [-0.2, -0.15) is 0 Å². The number of nitrogens with one attached hydrogen (secondary N) is 2. The fourth-order valence-electron chi connectivity index (χ4n) is 2.08. The Morgan fingerprint density at radius 1 is 1.50 bits per heavy atom. The van der Waals surface area contributed by atoms with Gasteiger partial charge in [0.1, 0.15) is 23.5 Å². The molecule has 0 aliphatic carbocycles. The number of amides is 1. The smallest absolute Gasteiger partial charge is 0.224 e. The average molecular weight is 370 g/mol. The molecule has 8 heteroatoms. The molecule has 0 saturated carbocycles. The third-order valence-corrected chi connectivity index (χ3v) is 4.09. The first-order valence-electron chi connectivity index (χ1n) is 6.81. The molecule has 2 atom stereocenters. The Balaban J connectivity index is 0.00000242. The standard InChI is InChI=1S/C14H18Cl2N2O3.ClH/c15-11-2-1-3-12(13(11)16)21-8-10(19)7-18-14(20)9-4-5-17-6-9;/h1-3,9-10,17,19H,4-8H2,(H,18,20);1H. The SMILES string of the molecule is Cl.O=C(NCC(O)COc1cccc(Cl)c1Cl)C1CCNC1. The fraction of sp³-hybridized carbons (Fsp3) is 0.500. The van der Waals surface area contributed by atoms with Crippen LogP contribution in [0.1, 0.15) is 6.42 Å². The topological polar surface area (TPSA) is 70.6 Å². The minimum Gasteiger partial charge on any atom is -0.489 e. The Morgan fingerprint density at radius 3 is 2.95 bits per heavy atom. The molecule has 1 aliphatic rings. The maximum absolute atomic E-state index is 11.8. The van der Waals surface area contributed by atoms with E-state index < -0.39 is 6.10 Å². The molecule has 1 aromatic carbocycles. The molecule has 1 aliphatic heterocycles. The minimum absolute atomic E-state index is 0. The summed E-state index contributed by atoms with van der Waals surface area (Å²) in [7, 11) is 0. The van der Waals surface area contributed by atoms with Crippen molar-refractivity contribution in [2.24, 2.45) is 5.92 Å². The second-order valence-electron chi connectivity index (χ2n) is 4.95. The summed E-state index contributed by atoms with van der Waals surface area (Å²) in [6.45, 7) is 1.73. The zero-order valence-electron chi connectivity index (χ0n) is 11.9. The molecule has 2 rings (SSSR count). The quantitative estimate of drug-likeness (QED) is 0.716. The van der Waals surface area contributed by atoms with E-state index in [9.17, 15) is 9.90 Å². The second-order valence-corrected chi connectivity index (χ2v) is 5.74. The second kappa shape index (κ2) is 9.43. The van der Waals surface area contributed by atoms with E-state index in [1.807, 2.05) is 0 Å². The molecule has 22 heavy (non-hydrogen) atoms. The van der Waals surface area contributed by atoms with Gasteiger partial charge in [0.25, 0.3) is 0 Å². The summed E-state index contributed by atoms with van der Waals surface area (Å²) in [5.74, 6) is 0.356. The maximum atomic E-state index is 11.8. The van der Waals surface area contributed by atoms with Crippen molar-refractivity contribution in [3.05, 3.63) is 28.2 Å². The molecular formula is C14H19Cl3N2O3. The molecule has 0 radical (unpaired) electrons. The number of ether oxygens (including phenoxy) is 1. The summed E-state index contributed by atoms with van der Waals surface area (Å²) in [5, 5.41) is 16.4. The predicted molar refractivity (Wildman–Crippen MR) is 89.2 cm³/mol. The van der Waals surface area contributed by atoms with E-state index in [4.69, 9.17) is 27.9 Å². The molecule has 1 heterocycles.